The first-order chi connectivity index (χ1) is 10.4. The number of nitrogens with one attached hydrogen (secondary N) is 1. The molecule has 2 aliphatic heterocycles. The SMILES string of the molecule is CC(C)OCCC(=O)N[C@@H]1CS(=O)(=O)C[C@@H]1N1CCCCC1. The van der Waals surface area contributed by atoms with Crippen LogP contribution in [0.5, 0.6) is 0 Å². The van der Waals surface area contributed by atoms with E-state index in [0.717, 1.165) is 25.9 Å². The molecule has 1 N–H and O–H groups in total. The largest absolute Gasteiger partial charge is 0.378 e. The zero-order valence-electron chi connectivity index (χ0n) is 13.6. The number of sulfone groups is 1. The Morgan fingerprint density at radius 2 is 1.91 bits per heavy atom. The Balaban J connectivity index is 1.90. The van der Waals surface area contributed by atoms with Gasteiger partial charge in [0.2, 0.25) is 5.91 Å². The molecule has 2 fully saturated rings. The number of hydrogen-bond acceptors (Lipinski definition) is 5. The summed E-state index contributed by atoms with van der Waals surface area (Å²) in [4.78, 5) is 14.3. The maximum atomic E-state index is 12.0. The van der Waals surface area contributed by atoms with Gasteiger partial charge in [-0.1, -0.05) is 6.42 Å². The highest BCUT2D eigenvalue weighted by Gasteiger charge is 2.41. The van der Waals surface area contributed by atoms with Crippen LogP contribution in [-0.4, -0.2) is 68.6 Å². The van der Waals surface area contributed by atoms with Gasteiger partial charge in [-0.3, -0.25) is 9.69 Å². The second-order valence-corrected chi connectivity index (χ2v) is 8.74. The Morgan fingerprint density at radius 1 is 1.23 bits per heavy atom. The zero-order chi connectivity index (χ0) is 16.2. The average molecular weight is 332 g/mol. The van der Waals surface area contributed by atoms with Crippen LogP contribution in [0, 0.1) is 0 Å². The lowest BCUT2D eigenvalue weighted by molar-refractivity contribution is -0.123. The molecule has 2 rings (SSSR count). The van der Waals surface area contributed by atoms with E-state index in [2.05, 4.69) is 10.2 Å². The Morgan fingerprint density at radius 3 is 2.55 bits per heavy atom. The Kier molecular flexibility index (Phi) is 6.23. The molecule has 0 radical (unpaired) electrons. The van der Waals surface area contributed by atoms with Crippen molar-refractivity contribution in [1.82, 2.24) is 10.2 Å². The molecule has 2 saturated heterocycles. The minimum atomic E-state index is -3.06. The summed E-state index contributed by atoms with van der Waals surface area (Å²) in [6.45, 7) is 6.09. The van der Waals surface area contributed by atoms with Gasteiger partial charge in [-0.15, -0.1) is 0 Å². The number of likely N-dealkylation sites (tertiary alicyclic amines) is 1. The van der Waals surface area contributed by atoms with Gasteiger partial charge in [-0.05, 0) is 39.8 Å². The number of carbonyl (C=O) groups is 1. The summed E-state index contributed by atoms with van der Waals surface area (Å²) in [5.74, 6) is 0.107. The minimum Gasteiger partial charge on any atom is -0.378 e. The van der Waals surface area contributed by atoms with E-state index in [4.69, 9.17) is 4.74 Å². The third-order valence-corrected chi connectivity index (χ3v) is 6.03. The highest BCUT2D eigenvalue weighted by molar-refractivity contribution is 7.91. The van der Waals surface area contributed by atoms with Crippen molar-refractivity contribution in [2.45, 2.75) is 57.7 Å². The van der Waals surface area contributed by atoms with Crippen LogP contribution in [0.1, 0.15) is 39.5 Å². The van der Waals surface area contributed by atoms with Crippen LogP contribution in [0.4, 0.5) is 0 Å². The number of piperidine rings is 1. The maximum absolute atomic E-state index is 12.0. The quantitative estimate of drug-likeness (QED) is 0.769. The van der Waals surface area contributed by atoms with Gasteiger partial charge in [0.1, 0.15) is 0 Å². The third-order valence-electron chi connectivity index (χ3n) is 4.31. The smallest absolute Gasteiger partial charge is 0.222 e. The number of carbonyl (C=O) groups excluding carboxylic acids is 1. The molecule has 22 heavy (non-hydrogen) atoms. The van der Waals surface area contributed by atoms with Crippen molar-refractivity contribution in [3.63, 3.8) is 0 Å². The lowest BCUT2D eigenvalue weighted by atomic mass is 10.0. The monoisotopic (exact) mass is 332 g/mol. The van der Waals surface area contributed by atoms with E-state index in [9.17, 15) is 13.2 Å². The number of ether oxygens (including phenoxy) is 1. The van der Waals surface area contributed by atoms with Gasteiger partial charge in [0.25, 0.3) is 0 Å². The highest BCUT2D eigenvalue weighted by atomic mass is 32.2. The van der Waals surface area contributed by atoms with Crippen LogP contribution >= 0.6 is 0 Å². The standard InChI is InChI=1S/C15H28N2O4S/c1-12(2)21-9-6-15(18)16-13-10-22(19,20)11-14(13)17-7-4-3-5-8-17/h12-14H,3-11H2,1-2H3,(H,16,18)/t13-,14+/m1/s1. The highest BCUT2D eigenvalue weighted by Crippen LogP contribution is 2.22. The van der Waals surface area contributed by atoms with E-state index in [1.807, 2.05) is 13.8 Å². The molecule has 2 aliphatic rings. The molecule has 0 aromatic rings. The molecular weight excluding hydrogens is 304 g/mol. The molecule has 2 atom stereocenters. The fourth-order valence-corrected chi connectivity index (χ4v) is 5.20. The van der Waals surface area contributed by atoms with E-state index in [-0.39, 0.29) is 42.0 Å². The van der Waals surface area contributed by atoms with Crippen LogP contribution in [-0.2, 0) is 19.4 Å². The molecule has 0 aromatic carbocycles. The van der Waals surface area contributed by atoms with Crippen molar-refractivity contribution in [3.8, 4) is 0 Å². The average Bonchev–Trinajstić information content (AvgIpc) is 2.74. The van der Waals surface area contributed by atoms with Crippen molar-refractivity contribution < 1.29 is 17.9 Å². The molecule has 2 heterocycles. The third kappa shape index (κ3) is 5.21. The first-order valence-electron chi connectivity index (χ1n) is 8.23. The van der Waals surface area contributed by atoms with Crippen molar-refractivity contribution in [2.24, 2.45) is 0 Å². The summed E-state index contributed by atoms with van der Waals surface area (Å²) >= 11 is 0. The molecule has 6 nitrogen and oxygen atoms in total. The summed E-state index contributed by atoms with van der Waals surface area (Å²) in [6, 6.07) is -0.352. The molecule has 128 valence electrons. The number of nitrogens with zero attached hydrogens (tertiary/aromatic N) is 1. The Bertz CT molecular complexity index is 472. The number of hydrogen-bond donors (Lipinski definition) is 1. The molecule has 0 unspecified atom stereocenters. The van der Waals surface area contributed by atoms with Gasteiger partial charge in [0, 0.05) is 12.5 Å². The molecule has 0 aromatic heterocycles. The van der Waals surface area contributed by atoms with Crippen molar-refractivity contribution in [2.75, 3.05) is 31.2 Å². The van der Waals surface area contributed by atoms with Crippen LogP contribution in [0.25, 0.3) is 0 Å². The molecule has 7 heteroatoms. The Hall–Kier alpha value is -0.660. The van der Waals surface area contributed by atoms with Gasteiger partial charge >= 0.3 is 0 Å². The lowest BCUT2D eigenvalue weighted by Crippen LogP contribution is -2.52. The Labute approximate surface area is 133 Å². The first-order valence-corrected chi connectivity index (χ1v) is 10.0. The zero-order valence-corrected chi connectivity index (χ0v) is 14.4. The van der Waals surface area contributed by atoms with Crippen molar-refractivity contribution in [1.29, 1.82) is 0 Å². The minimum absolute atomic E-state index is 0.0605. The fraction of sp³-hybridized carbons (Fsp3) is 0.933. The van der Waals surface area contributed by atoms with E-state index in [0.29, 0.717) is 6.61 Å². The second-order valence-electron chi connectivity index (χ2n) is 6.58. The molecular formula is C15H28N2O4S. The van der Waals surface area contributed by atoms with Gasteiger partial charge in [0.15, 0.2) is 9.84 Å². The van der Waals surface area contributed by atoms with Gasteiger partial charge in [-0.25, -0.2) is 8.42 Å². The molecule has 0 aliphatic carbocycles. The van der Waals surface area contributed by atoms with Gasteiger partial charge in [-0.2, -0.15) is 0 Å². The number of amides is 1. The van der Waals surface area contributed by atoms with Gasteiger partial charge < -0.3 is 10.1 Å². The van der Waals surface area contributed by atoms with Crippen molar-refractivity contribution in [3.05, 3.63) is 0 Å². The first kappa shape index (κ1) is 17.7. The molecule has 1 amide bonds. The molecule has 0 bridgehead atoms. The van der Waals surface area contributed by atoms with Crippen molar-refractivity contribution >= 4 is 15.7 Å². The summed E-state index contributed by atoms with van der Waals surface area (Å²) in [5.41, 5.74) is 0. The van der Waals surface area contributed by atoms with E-state index < -0.39 is 9.84 Å². The lowest BCUT2D eigenvalue weighted by Gasteiger charge is -2.35. The summed E-state index contributed by atoms with van der Waals surface area (Å²) in [5, 5.41) is 2.92. The van der Waals surface area contributed by atoms with Crippen LogP contribution in [0.15, 0.2) is 0 Å². The van der Waals surface area contributed by atoms with Crippen LogP contribution < -0.4 is 5.32 Å². The summed E-state index contributed by atoms with van der Waals surface area (Å²) in [6.07, 6.45) is 3.81. The summed E-state index contributed by atoms with van der Waals surface area (Å²) < 4.78 is 29.3. The maximum Gasteiger partial charge on any atom is 0.222 e. The second kappa shape index (κ2) is 7.75. The molecule has 0 saturated carbocycles. The van der Waals surface area contributed by atoms with E-state index >= 15 is 0 Å². The molecule has 0 spiro atoms. The fourth-order valence-electron chi connectivity index (χ4n) is 3.24. The normalized spacial score (nSPS) is 28.9. The van der Waals surface area contributed by atoms with E-state index in [1.165, 1.54) is 6.42 Å². The van der Waals surface area contributed by atoms with Crippen LogP contribution in [0.2, 0.25) is 0 Å². The predicted octanol–water partition coefficient (Wildman–Crippen LogP) is 0.569. The summed E-state index contributed by atoms with van der Waals surface area (Å²) in [7, 11) is -3.06. The van der Waals surface area contributed by atoms with E-state index in [1.54, 1.807) is 0 Å². The predicted molar refractivity (Wildman–Crippen MR) is 85.5 cm³/mol. The van der Waals surface area contributed by atoms with Gasteiger partial charge in [0.05, 0.1) is 30.3 Å². The topological polar surface area (TPSA) is 75.7 Å². The number of rotatable bonds is 6. The van der Waals surface area contributed by atoms with Crippen LogP contribution in [0.3, 0.4) is 0 Å².